The van der Waals surface area contributed by atoms with Crippen molar-refractivity contribution in [2.24, 2.45) is 0 Å². The molecule has 0 bridgehead atoms. The Morgan fingerprint density at radius 2 is 2.00 bits per heavy atom. The molecule has 1 rings (SSSR count). The average molecular weight is 276 g/mol. The summed E-state index contributed by atoms with van der Waals surface area (Å²) in [6.07, 6.45) is -1.81. The molecule has 0 aliphatic heterocycles. The van der Waals surface area contributed by atoms with Crippen molar-refractivity contribution in [1.29, 1.82) is 0 Å². The van der Waals surface area contributed by atoms with E-state index in [-0.39, 0.29) is 12.6 Å². The van der Waals surface area contributed by atoms with Gasteiger partial charge in [-0.1, -0.05) is 20.3 Å². The molecule has 0 aromatic carbocycles. The monoisotopic (exact) mass is 276 g/mol. The third kappa shape index (κ3) is 4.70. The highest BCUT2D eigenvalue weighted by molar-refractivity contribution is 5.13. The number of aromatic nitrogens is 1. The lowest BCUT2D eigenvalue weighted by Gasteiger charge is -2.19. The molecule has 108 valence electrons. The van der Waals surface area contributed by atoms with E-state index in [1.54, 1.807) is 0 Å². The number of halogens is 3. The Labute approximate surface area is 110 Å². The maximum Gasteiger partial charge on any atom is 0.417 e. The van der Waals surface area contributed by atoms with E-state index in [1.807, 2.05) is 13.8 Å². The van der Waals surface area contributed by atoms with E-state index in [0.29, 0.717) is 0 Å². The van der Waals surface area contributed by atoms with Gasteiger partial charge in [0.05, 0.1) is 5.56 Å². The minimum atomic E-state index is -4.42. The van der Waals surface area contributed by atoms with Gasteiger partial charge >= 0.3 is 6.18 Å². The fraction of sp³-hybridized carbons (Fsp3) is 0.615. The van der Waals surface area contributed by atoms with Crippen LogP contribution in [0, 0.1) is 0 Å². The van der Waals surface area contributed by atoms with Gasteiger partial charge in [0.15, 0.2) is 0 Å². The third-order valence-electron chi connectivity index (χ3n) is 2.86. The van der Waals surface area contributed by atoms with Crippen molar-refractivity contribution in [3.8, 4) is 0 Å². The van der Waals surface area contributed by atoms with Gasteiger partial charge < -0.3 is 9.88 Å². The second-order valence-corrected chi connectivity index (χ2v) is 4.45. The van der Waals surface area contributed by atoms with Gasteiger partial charge in [0.1, 0.15) is 0 Å². The topological polar surface area (TPSA) is 34.0 Å². The zero-order valence-corrected chi connectivity index (χ0v) is 11.1. The number of likely N-dealkylation sites (N-methyl/N-ethyl adjacent to an activating group) is 1. The lowest BCUT2D eigenvalue weighted by atomic mass is 10.1. The fourth-order valence-corrected chi connectivity index (χ4v) is 1.97. The molecule has 0 saturated heterocycles. The summed E-state index contributed by atoms with van der Waals surface area (Å²) in [7, 11) is 0. The average Bonchev–Trinajstić information content (AvgIpc) is 2.31. The van der Waals surface area contributed by atoms with Crippen molar-refractivity contribution in [3.63, 3.8) is 0 Å². The summed E-state index contributed by atoms with van der Waals surface area (Å²) in [5.74, 6) is 0. The van der Waals surface area contributed by atoms with Crippen molar-refractivity contribution >= 4 is 0 Å². The van der Waals surface area contributed by atoms with Crippen LogP contribution in [-0.4, -0.2) is 17.2 Å². The Bertz CT molecular complexity index is 448. The first-order chi connectivity index (χ1) is 8.88. The number of nitrogens with zero attached hydrogens (tertiary/aromatic N) is 1. The molecule has 1 aromatic heterocycles. The highest BCUT2D eigenvalue weighted by Crippen LogP contribution is 2.28. The van der Waals surface area contributed by atoms with Crippen molar-refractivity contribution in [3.05, 3.63) is 34.2 Å². The Kier molecular flexibility index (Phi) is 5.60. The number of hydrogen-bond donors (Lipinski definition) is 1. The Morgan fingerprint density at radius 3 is 2.53 bits per heavy atom. The van der Waals surface area contributed by atoms with Crippen molar-refractivity contribution in [2.75, 3.05) is 6.54 Å². The molecule has 1 heterocycles. The van der Waals surface area contributed by atoms with Gasteiger partial charge in [0.2, 0.25) is 0 Å². The minimum absolute atomic E-state index is 0.0104. The van der Waals surface area contributed by atoms with Gasteiger partial charge in [-0.2, -0.15) is 13.2 Å². The smallest absolute Gasteiger partial charge is 0.313 e. The third-order valence-corrected chi connectivity index (χ3v) is 2.86. The van der Waals surface area contributed by atoms with Crippen LogP contribution in [0.5, 0.6) is 0 Å². The molecule has 1 atom stereocenters. The molecule has 0 radical (unpaired) electrons. The van der Waals surface area contributed by atoms with Gasteiger partial charge in [-0.15, -0.1) is 0 Å². The van der Waals surface area contributed by atoms with Gasteiger partial charge in [-0.3, -0.25) is 4.79 Å². The molecule has 0 spiro atoms. The lowest BCUT2D eigenvalue weighted by Crippen LogP contribution is -2.36. The molecule has 1 unspecified atom stereocenters. The van der Waals surface area contributed by atoms with Crippen LogP contribution in [0.1, 0.15) is 32.3 Å². The predicted octanol–water partition coefficient (Wildman–Crippen LogP) is 2.65. The summed E-state index contributed by atoms with van der Waals surface area (Å²) >= 11 is 0. The van der Waals surface area contributed by atoms with E-state index in [2.05, 4.69) is 5.32 Å². The first-order valence-electron chi connectivity index (χ1n) is 6.39. The molecular formula is C13H19F3N2O. The van der Waals surface area contributed by atoms with Gasteiger partial charge in [-0.25, -0.2) is 0 Å². The van der Waals surface area contributed by atoms with Gasteiger partial charge in [0, 0.05) is 24.8 Å². The molecule has 19 heavy (non-hydrogen) atoms. The summed E-state index contributed by atoms with van der Waals surface area (Å²) in [6.45, 7) is 4.90. The molecule has 0 fully saturated rings. The predicted molar refractivity (Wildman–Crippen MR) is 68.1 cm³/mol. The Hall–Kier alpha value is -1.30. The Morgan fingerprint density at radius 1 is 1.32 bits per heavy atom. The van der Waals surface area contributed by atoms with E-state index < -0.39 is 17.3 Å². The standard InChI is InChI=1S/C13H19F3N2O/c1-3-5-11(17-4-2)9-18-8-10(13(14,15)16)6-7-12(18)19/h6-8,11,17H,3-5,9H2,1-2H3. The van der Waals surface area contributed by atoms with Crippen LogP contribution in [0.25, 0.3) is 0 Å². The summed E-state index contributed by atoms with van der Waals surface area (Å²) in [5, 5.41) is 3.18. The number of alkyl halides is 3. The highest BCUT2D eigenvalue weighted by Gasteiger charge is 2.31. The second-order valence-electron chi connectivity index (χ2n) is 4.45. The quantitative estimate of drug-likeness (QED) is 0.866. The molecule has 1 aromatic rings. The highest BCUT2D eigenvalue weighted by atomic mass is 19.4. The number of hydrogen-bond acceptors (Lipinski definition) is 2. The molecule has 0 aliphatic rings. The van der Waals surface area contributed by atoms with E-state index in [4.69, 9.17) is 0 Å². The summed E-state index contributed by atoms with van der Waals surface area (Å²) in [6, 6.07) is 1.80. The van der Waals surface area contributed by atoms with Gasteiger partial charge in [-0.05, 0) is 19.0 Å². The molecule has 0 aliphatic carbocycles. The van der Waals surface area contributed by atoms with E-state index >= 15 is 0 Å². The summed E-state index contributed by atoms with van der Waals surface area (Å²) in [5.41, 5.74) is -1.20. The summed E-state index contributed by atoms with van der Waals surface area (Å²) < 4.78 is 38.9. The largest absolute Gasteiger partial charge is 0.417 e. The number of pyridine rings is 1. The van der Waals surface area contributed by atoms with E-state index in [9.17, 15) is 18.0 Å². The fourth-order valence-electron chi connectivity index (χ4n) is 1.97. The number of rotatable bonds is 6. The number of nitrogens with one attached hydrogen (secondary N) is 1. The van der Waals surface area contributed by atoms with Crippen molar-refractivity contribution in [2.45, 2.75) is 45.5 Å². The zero-order valence-electron chi connectivity index (χ0n) is 11.1. The summed E-state index contributed by atoms with van der Waals surface area (Å²) in [4.78, 5) is 11.6. The van der Waals surface area contributed by atoms with Crippen LogP contribution in [0.3, 0.4) is 0 Å². The molecule has 1 N–H and O–H groups in total. The second kappa shape index (κ2) is 6.75. The molecule has 0 saturated carbocycles. The molecule has 6 heteroatoms. The minimum Gasteiger partial charge on any atom is -0.313 e. The Balaban J connectivity index is 2.95. The maximum absolute atomic E-state index is 12.6. The van der Waals surface area contributed by atoms with Gasteiger partial charge in [0.25, 0.3) is 5.56 Å². The first kappa shape index (κ1) is 15.8. The van der Waals surface area contributed by atoms with Crippen LogP contribution >= 0.6 is 0 Å². The van der Waals surface area contributed by atoms with E-state index in [1.165, 1.54) is 0 Å². The van der Waals surface area contributed by atoms with Crippen molar-refractivity contribution in [1.82, 2.24) is 9.88 Å². The van der Waals surface area contributed by atoms with Crippen LogP contribution in [0.4, 0.5) is 13.2 Å². The van der Waals surface area contributed by atoms with Crippen LogP contribution in [0.2, 0.25) is 0 Å². The molecular weight excluding hydrogens is 257 g/mol. The molecule has 3 nitrogen and oxygen atoms in total. The van der Waals surface area contributed by atoms with Crippen LogP contribution in [-0.2, 0) is 12.7 Å². The first-order valence-corrected chi connectivity index (χ1v) is 6.39. The normalized spacial score (nSPS) is 13.5. The zero-order chi connectivity index (χ0) is 14.5. The molecule has 0 amide bonds. The van der Waals surface area contributed by atoms with Crippen LogP contribution < -0.4 is 10.9 Å². The van der Waals surface area contributed by atoms with Crippen molar-refractivity contribution < 1.29 is 13.2 Å². The van der Waals surface area contributed by atoms with Crippen LogP contribution in [0.15, 0.2) is 23.1 Å². The maximum atomic E-state index is 12.6. The van der Waals surface area contributed by atoms with E-state index in [0.717, 1.165) is 42.3 Å². The SMILES string of the molecule is CCCC(Cn1cc(C(F)(F)F)ccc1=O)NCC. The lowest BCUT2D eigenvalue weighted by molar-refractivity contribution is -0.138.